The lowest BCUT2D eigenvalue weighted by Crippen LogP contribution is -2.61. The fraction of sp³-hybridized carbons (Fsp3) is 0.909. The van der Waals surface area contributed by atoms with Gasteiger partial charge in [0.25, 0.3) is 10.2 Å². The van der Waals surface area contributed by atoms with Crippen LogP contribution in [-0.2, 0) is 19.7 Å². The second-order valence-corrected chi connectivity index (χ2v) is 6.51. The van der Waals surface area contributed by atoms with E-state index >= 15 is 0 Å². The first-order valence-corrected chi connectivity index (χ1v) is 8.09. The van der Waals surface area contributed by atoms with Crippen LogP contribution in [0.2, 0.25) is 0 Å². The van der Waals surface area contributed by atoms with Gasteiger partial charge in [-0.05, 0) is 19.8 Å². The monoisotopic (exact) mass is 326 g/mol. The van der Waals surface area contributed by atoms with Crippen LogP contribution in [0.1, 0.15) is 19.8 Å². The molecule has 1 unspecified atom stereocenters. The molecule has 124 valence electrons. The summed E-state index contributed by atoms with van der Waals surface area (Å²) in [5.74, 6) is -0.636. The number of carbonyl (C=O) groups is 1. The highest BCUT2D eigenvalue weighted by Crippen LogP contribution is 2.22. The van der Waals surface area contributed by atoms with Gasteiger partial charge in [0.05, 0.1) is 26.4 Å². The molecule has 0 aromatic rings. The van der Waals surface area contributed by atoms with Gasteiger partial charge in [-0.2, -0.15) is 17.4 Å². The molecule has 0 amide bonds. The summed E-state index contributed by atoms with van der Waals surface area (Å²) in [6, 6.07) is -0.934. The van der Waals surface area contributed by atoms with E-state index in [1.807, 2.05) is 0 Å². The average Bonchev–Trinajstić information content (AvgIpc) is 2.95. The molecule has 0 radical (unpaired) electrons. The summed E-state index contributed by atoms with van der Waals surface area (Å²) in [6.45, 7) is -0.453. The van der Waals surface area contributed by atoms with E-state index < -0.39 is 47.6 Å². The molecular formula is C11H22N2O7S. The zero-order valence-corrected chi connectivity index (χ0v) is 12.7. The van der Waals surface area contributed by atoms with Crippen molar-refractivity contribution >= 4 is 16.2 Å². The quantitative estimate of drug-likeness (QED) is 0.364. The van der Waals surface area contributed by atoms with Gasteiger partial charge in [0.2, 0.25) is 0 Å². The van der Waals surface area contributed by atoms with Crippen molar-refractivity contribution in [2.75, 3.05) is 33.0 Å². The average molecular weight is 326 g/mol. The fourth-order valence-corrected chi connectivity index (χ4v) is 3.83. The molecule has 0 saturated carbocycles. The largest absolute Gasteiger partial charge is 0.465 e. The number of nitrogens with zero attached hydrogens (tertiary/aromatic N) is 1. The molecule has 1 aliphatic heterocycles. The van der Waals surface area contributed by atoms with Gasteiger partial charge in [-0.1, -0.05) is 0 Å². The molecule has 0 bridgehead atoms. The molecule has 1 saturated heterocycles. The van der Waals surface area contributed by atoms with Crippen molar-refractivity contribution in [1.82, 2.24) is 9.03 Å². The number of aliphatic hydroxyl groups is 3. The first kappa shape index (κ1) is 18.3. The van der Waals surface area contributed by atoms with Crippen molar-refractivity contribution in [1.29, 1.82) is 0 Å². The lowest BCUT2D eigenvalue weighted by molar-refractivity contribution is -0.146. The Hall–Kier alpha value is -0.780. The molecule has 0 aliphatic carbocycles. The van der Waals surface area contributed by atoms with Crippen molar-refractivity contribution < 1.29 is 33.3 Å². The van der Waals surface area contributed by atoms with E-state index in [2.05, 4.69) is 4.72 Å². The molecule has 1 rings (SSSR count). The second kappa shape index (κ2) is 7.47. The van der Waals surface area contributed by atoms with Gasteiger partial charge in [0.1, 0.15) is 11.6 Å². The van der Waals surface area contributed by atoms with Crippen LogP contribution in [0.15, 0.2) is 0 Å². The molecule has 9 nitrogen and oxygen atoms in total. The van der Waals surface area contributed by atoms with E-state index in [1.54, 1.807) is 6.92 Å². The molecule has 1 fully saturated rings. The molecule has 1 atom stereocenters. The lowest BCUT2D eigenvalue weighted by atomic mass is 10.1. The Morgan fingerprint density at radius 3 is 2.38 bits per heavy atom. The Morgan fingerprint density at radius 2 is 1.90 bits per heavy atom. The molecule has 21 heavy (non-hydrogen) atoms. The van der Waals surface area contributed by atoms with E-state index in [-0.39, 0.29) is 13.2 Å². The third-order valence-corrected chi connectivity index (χ3v) is 5.07. The van der Waals surface area contributed by atoms with E-state index in [9.17, 15) is 28.5 Å². The number of rotatable bonds is 8. The van der Waals surface area contributed by atoms with E-state index in [0.29, 0.717) is 12.8 Å². The molecule has 0 spiro atoms. The lowest BCUT2D eigenvalue weighted by Gasteiger charge is -2.32. The summed E-state index contributed by atoms with van der Waals surface area (Å²) >= 11 is 0. The first-order valence-electron chi connectivity index (χ1n) is 6.65. The van der Waals surface area contributed by atoms with Crippen LogP contribution >= 0.6 is 0 Å². The second-order valence-electron chi connectivity index (χ2n) is 4.88. The Balaban J connectivity index is 2.93. The first-order chi connectivity index (χ1) is 9.85. The summed E-state index contributed by atoms with van der Waals surface area (Å²) in [6.07, 6.45) is 0.832. The maximum absolute atomic E-state index is 12.3. The van der Waals surface area contributed by atoms with Crippen molar-refractivity contribution in [2.45, 2.75) is 31.3 Å². The number of esters is 1. The van der Waals surface area contributed by atoms with E-state index in [4.69, 9.17) is 4.74 Å². The molecule has 0 aromatic carbocycles. The fourth-order valence-electron chi connectivity index (χ4n) is 2.08. The maximum Gasteiger partial charge on any atom is 0.324 e. The standard InChI is InChI=1S/C11H22N2O7S/c1-2-20-10(17)9-4-3-5-13(9)21(18,19)12-11(6-14,7-15)8-16/h9,12,14-16H,2-8H2,1H3. The molecule has 1 aliphatic rings. The summed E-state index contributed by atoms with van der Waals surface area (Å²) in [4.78, 5) is 11.8. The summed E-state index contributed by atoms with van der Waals surface area (Å²) in [5, 5.41) is 27.6. The number of nitrogens with one attached hydrogen (secondary N) is 1. The van der Waals surface area contributed by atoms with Crippen molar-refractivity contribution in [3.63, 3.8) is 0 Å². The molecule has 1 heterocycles. The molecule has 0 aromatic heterocycles. The third kappa shape index (κ3) is 4.11. The highest BCUT2D eigenvalue weighted by Gasteiger charge is 2.43. The van der Waals surface area contributed by atoms with Gasteiger partial charge < -0.3 is 20.1 Å². The van der Waals surface area contributed by atoms with Crippen LogP contribution in [0, 0.1) is 0 Å². The van der Waals surface area contributed by atoms with Gasteiger partial charge >= 0.3 is 5.97 Å². The predicted molar refractivity (Wildman–Crippen MR) is 72.4 cm³/mol. The third-order valence-electron chi connectivity index (χ3n) is 3.32. The minimum Gasteiger partial charge on any atom is -0.465 e. The Bertz CT molecular complexity index is 441. The zero-order chi connectivity index (χ0) is 16.1. The molecule has 4 N–H and O–H groups in total. The van der Waals surface area contributed by atoms with Crippen LogP contribution in [0.5, 0.6) is 0 Å². The van der Waals surface area contributed by atoms with Crippen molar-refractivity contribution in [3.8, 4) is 0 Å². The van der Waals surface area contributed by atoms with Crippen molar-refractivity contribution in [2.24, 2.45) is 0 Å². The van der Waals surface area contributed by atoms with Gasteiger partial charge in [-0.15, -0.1) is 0 Å². The van der Waals surface area contributed by atoms with E-state index in [1.165, 1.54) is 0 Å². The van der Waals surface area contributed by atoms with Crippen LogP contribution < -0.4 is 4.72 Å². The van der Waals surface area contributed by atoms with Gasteiger partial charge in [0, 0.05) is 6.54 Å². The number of hydrogen-bond acceptors (Lipinski definition) is 7. The number of hydrogen-bond donors (Lipinski definition) is 4. The minimum atomic E-state index is -4.16. The Morgan fingerprint density at radius 1 is 1.33 bits per heavy atom. The van der Waals surface area contributed by atoms with Crippen LogP contribution in [0.3, 0.4) is 0 Å². The van der Waals surface area contributed by atoms with E-state index in [0.717, 1.165) is 4.31 Å². The number of carbonyl (C=O) groups excluding carboxylic acids is 1. The summed E-state index contributed by atoms with van der Waals surface area (Å²) < 4.78 is 32.5. The summed E-state index contributed by atoms with van der Waals surface area (Å²) in [7, 11) is -4.16. The highest BCUT2D eigenvalue weighted by atomic mass is 32.2. The zero-order valence-electron chi connectivity index (χ0n) is 11.9. The SMILES string of the molecule is CCOC(=O)C1CCCN1S(=O)(=O)NC(CO)(CO)CO. The van der Waals surface area contributed by atoms with Gasteiger partial charge in [0.15, 0.2) is 0 Å². The number of ether oxygens (including phenoxy) is 1. The maximum atomic E-state index is 12.3. The normalized spacial score (nSPS) is 20.7. The Kier molecular flexibility index (Phi) is 6.50. The topological polar surface area (TPSA) is 136 Å². The number of aliphatic hydroxyl groups excluding tert-OH is 3. The van der Waals surface area contributed by atoms with Crippen molar-refractivity contribution in [3.05, 3.63) is 0 Å². The molecular weight excluding hydrogens is 304 g/mol. The van der Waals surface area contributed by atoms with Crippen LogP contribution in [0.4, 0.5) is 0 Å². The Labute approximate surface area is 123 Å². The summed E-state index contributed by atoms with van der Waals surface area (Å²) in [5.41, 5.74) is -1.78. The van der Waals surface area contributed by atoms with Gasteiger partial charge in [-0.3, -0.25) is 4.79 Å². The highest BCUT2D eigenvalue weighted by molar-refractivity contribution is 7.87. The predicted octanol–water partition coefficient (Wildman–Crippen LogP) is -2.44. The smallest absolute Gasteiger partial charge is 0.324 e. The van der Waals surface area contributed by atoms with Gasteiger partial charge in [-0.25, -0.2) is 0 Å². The minimum absolute atomic E-state index is 0.122. The van der Waals surface area contributed by atoms with Crippen LogP contribution in [0.25, 0.3) is 0 Å². The van der Waals surface area contributed by atoms with Crippen LogP contribution in [-0.4, -0.2) is 78.6 Å². The molecule has 10 heteroatoms.